The highest BCUT2D eigenvalue weighted by molar-refractivity contribution is 5.88. The SMILES string of the molecule is CC(C)(C)OC(=O)Nc1ccc(C#Cc2ccccn2)cc1[N+](=O)[O-]. The van der Waals surface area contributed by atoms with Crippen LogP contribution >= 0.6 is 0 Å². The van der Waals surface area contributed by atoms with Gasteiger partial charge >= 0.3 is 6.09 Å². The van der Waals surface area contributed by atoms with Gasteiger partial charge in [-0.25, -0.2) is 9.78 Å². The van der Waals surface area contributed by atoms with E-state index in [0.717, 1.165) is 0 Å². The number of carbonyl (C=O) groups is 1. The highest BCUT2D eigenvalue weighted by Crippen LogP contribution is 2.26. The monoisotopic (exact) mass is 339 g/mol. The van der Waals surface area contributed by atoms with E-state index in [1.165, 1.54) is 12.1 Å². The molecule has 0 spiro atoms. The molecule has 0 radical (unpaired) electrons. The second-order valence-corrected chi connectivity index (χ2v) is 6.08. The van der Waals surface area contributed by atoms with E-state index in [1.807, 2.05) is 0 Å². The first-order valence-corrected chi connectivity index (χ1v) is 7.46. The minimum Gasteiger partial charge on any atom is -0.444 e. The third kappa shape index (κ3) is 5.62. The Morgan fingerprint density at radius 1 is 1.24 bits per heavy atom. The van der Waals surface area contributed by atoms with Gasteiger partial charge in [-0.2, -0.15) is 0 Å². The molecule has 2 rings (SSSR count). The molecule has 7 heteroatoms. The summed E-state index contributed by atoms with van der Waals surface area (Å²) in [5.74, 6) is 5.64. The van der Waals surface area contributed by atoms with E-state index in [-0.39, 0.29) is 11.4 Å². The molecule has 0 atom stereocenters. The largest absolute Gasteiger partial charge is 0.444 e. The fraction of sp³-hybridized carbons (Fsp3) is 0.222. The molecule has 0 aliphatic carbocycles. The molecular weight excluding hydrogens is 322 g/mol. The van der Waals surface area contributed by atoms with E-state index in [0.29, 0.717) is 11.3 Å². The van der Waals surface area contributed by atoms with Gasteiger partial charge in [0.25, 0.3) is 5.69 Å². The lowest BCUT2D eigenvalue weighted by atomic mass is 10.1. The van der Waals surface area contributed by atoms with Crippen LogP contribution in [0.5, 0.6) is 0 Å². The molecule has 0 aliphatic rings. The van der Waals surface area contributed by atoms with E-state index in [2.05, 4.69) is 22.1 Å². The van der Waals surface area contributed by atoms with Crippen molar-refractivity contribution < 1.29 is 14.5 Å². The van der Waals surface area contributed by atoms with Gasteiger partial charge in [-0.3, -0.25) is 15.4 Å². The maximum absolute atomic E-state index is 11.8. The number of ether oxygens (including phenoxy) is 1. The third-order valence-corrected chi connectivity index (χ3v) is 2.83. The van der Waals surface area contributed by atoms with Crippen molar-refractivity contribution in [3.63, 3.8) is 0 Å². The number of carbonyl (C=O) groups excluding carboxylic acids is 1. The van der Waals surface area contributed by atoms with Gasteiger partial charge in [-0.1, -0.05) is 12.0 Å². The Hall–Kier alpha value is -3.40. The van der Waals surface area contributed by atoms with Crippen molar-refractivity contribution in [3.05, 3.63) is 64.0 Å². The molecule has 7 nitrogen and oxygen atoms in total. The lowest BCUT2D eigenvalue weighted by molar-refractivity contribution is -0.383. The Morgan fingerprint density at radius 2 is 2.00 bits per heavy atom. The Morgan fingerprint density at radius 3 is 2.60 bits per heavy atom. The highest BCUT2D eigenvalue weighted by Gasteiger charge is 2.20. The van der Waals surface area contributed by atoms with Crippen LogP contribution in [-0.4, -0.2) is 21.6 Å². The summed E-state index contributed by atoms with van der Waals surface area (Å²) in [6.07, 6.45) is 0.850. The summed E-state index contributed by atoms with van der Waals surface area (Å²) in [5.41, 5.74) is 0.0713. The van der Waals surface area contributed by atoms with Gasteiger partial charge in [0, 0.05) is 17.8 Å². The Balaban J connectivity index is 2.25. The lowest BCUT2D eigenvalue weighted by Crippen LogP contribution is -2.27. The summed E-state index contributed by atoms with van der Waals surface area (Å²) in [5, 5.41) is 13.7. The molecule has 0 bridgehead atoms. The Kier molecular flexibility index (Phi) is 5.35. The molecule has 1 N–H and O–H groups in total. The van der Waals surface area contributed by atoms with E-state index in [9.17, 15) is 14.9 Å². The van der Waals surface area contributed by atoms with Gasteiger partial charge in [0.2, 0.25) is 0 Å². The molecule has 0 saturated carbocycles. The van der Waals surface area contributed by atoms with Crippen molar-refractivity contribution in [1.29, 1.82) is 0 Å². The first kappa shape index (κ1) is 17.9. The molecule has 128 valence electrons. The number of hydrogen-bond acceptors (Lipinski definition) is 5. The number of rotatable bonds is 2. The minimum absolute atomic E-state index is 0.0441. The maximum atomic E-state index is 11.8. The smallest absolute Gasteiger partial charge is 0.412 e. The maximum Gasteiger partial charge on any atom is 0.412 e. The second kappa shape index (κ2) is 7.45. The van der Waals surface area contributed by atoms with Gasteiger partial charge in [-0.05, 0) is 51.0 Å². The van der Waals surface area contributed by atoms with Crippen molar-refractivity contribution in [2.45, 2.75) is 26.4 Å². The average molecular weight is 339 g/mol. The van der Waals surface area contributed by atoms with Crippen LogP contribution in [0.3, 0.4) is 0 Å². The fourth-order valence-corrected chi connectivity index (χ4v) is 1.85. The number of anilines is 1. The molecular formula is C18H17N3O4. The first-order chi connectivity index (χ1) is 11.7. The topological polar surface area (TPSA) is 94.4 Å². The lowest BCUT2D eigenvalue weighted by Gasteiger charge is -2.19. The standard InChI is InChI=1S/C18H17N3O4/c1-18(2,3)25-17(22)20-15-10-8-13(12-16(15)21(23)24)7-9-14-6-4-5-11-19-14/h4-6,8,10-12H,1-3H3,(H,20,22). The molecule has 25 heavy (non-hydrogen) atoms. The van der Waals surface area contributed by atoms with Crippen LogP contribution in [-0.2, 0) is 4.74 Å². The molecule has 0 saturated heterocycles. The third-order valence-electron chi connectivity index (χ3n) is 2.83. The fourth-order valence-electron chi connectivity index (χ4n) is 1.85. The number of nitrogens with zero attached hydrogens (tertiary/aromatic N) is 2. The van der Waals surface area contributed by atoms with E-state index < -0.39 is 16.6 Å². The number of hydrogen-bond donors (Lipinski definition) is 1. The molecule has 1 aromatic heterocycles. The average Bonchev–Trinajstić information content (AvgIpc) is 2.53. The van der Waals surface area contributed by atoms with Crippen LogP contribution in [0.4, 0.5) is 16.2 Å². The van der Waals surface area contributed by atoms with Crippen LogP contribution in [0.1, 0.15) is 32.0 Å². The highest BCUT2D eigenvalue weighted by atomic mass is 16.6. The number of amides is 1. The van der Waals surface area contributed by atoms with Crippen molar-refractivity contribution in [1.82, 2.24) is 4.98 Å². The van der Waals surface area contributed by atoms with Gasteiger partial charge in [0.05, 0.1) is 4.92 Å². The summed E-state index contributed by atoms with van der Waals surface area (Å²) in [7, 11) is 0. The van der Waals surface area contributed by atoms with Gasteiger partial charge in [0.1, 0.15) is 17.0 Å². The summed E-state index contributed by atoms with van der Waals surface area (Å²) in [6, 6.07) is 9.60. The summed E-state index contributed by atoms with van der Waals surface area (Å²) < 4.78 is 5.10. The van der Waals surface area contributed by atoms with Crippen molar-refractivity contribution in [3.8, 4) is 11.8 Å². The van der Waals surface area contributed by atoms with Crippen LogP contribution in [0.15, 0.2) is 42.6 Å². The number of nitrogens with one attached hydrogen (secondary N) is 1. The van der Waals surface area contributed by atoms with E-state index in [1.54, 1.807) is 51.2 Å². The minimum atomic E-state index is -0.761. The number of aromatic nitrogens is 1. The van der Waals surface area contributed by atoms with Crippen LogP contribution in [0.2, 0.25) is 0 Å². The molecule has 2 aromatic rings. The summed E-state index contributed by atoms with van der Waals surface area (Å²) in [6.45, 7) is 5.12. The second-order valence-electron chi connectivity index (χ2n) is 6.08. The quantitative estimate of drug-likeness (QED) is 0.511. The number of pyridine rings is 1. The number of benzene rings is 1. The Bertz CT molecular complexity index is 846. The van der Waals surface area contributed by atoms with E-state index in [4.69, 9.17) is 4.74 Å². The molecule has 0 fully saturated rings. The predicted molar refractivity (Wildman–Crippen MR) is 93.2 cm³/mol. The van der Waals surface area contributed by atoms with Crippen molar-refractivity contribution >= 4 is 17.5 Å². The normalized spacial score (nSPS) is 10.4. The summed E-state index contributed by atoms with van der Waals surface area (Å²) >= 11 is 0. The summed E-state index contributed by atoms with van der Waals surface area (Å²) in [4.78, 5) is 26.6. The van der Waals surface area contributed by atoms with Crippen molar-refractivity contribution in [2.24, 2.45) is 0 Å². The zero-order valence-electron chi connectivity index (χ0n) is 14.1. The number of nitro benzene ring substituents is 1. The predicted octanol–water partition coefficient (Wildman–Crippen LogP) is 3.74. The van der Waals surface area contributed by atoms with Gasteiger partial charge < -0.3 is 4.74 Å². The van der Waals surface area contributed by atoms with Crippen LogP contribution < -0.4 is 5.32 Å². The molecule has 0 aliphatic heterocycles. The molecule has 1 amide bonds. The van der Waals surface area contributed by atoms with Gasteiger partial charge in [-0.15, -0.1) is 0 Å². The number of nitro groups is 1. The van der Waals surface area contributed by atoms with E-state index >= 15 is 0 Å². The van der Waals surface area contributed by atoms with Crippen LogP contribution in [0, 0.1) is 22.0 Å². The molecule has 1 heterocycles. The van der Waals surface area contributed by atoms with Gasteiger partial charge in [0.15, 0.2) is 0 Å². The van der Waals surface area contributed by atoms with Crippen molar-refractivity contribution in [2.75, 3.05) is 5.32 Å². The zero-order valence-corrected chi connectivity index (χ0v) is 14.1. The Labute approximate surface area is 145 Å². The zero-order chi connectivity index (χ0) is 18.4. The first-order valence-electron chi connectivity index (χ1n) is 7.46. The molecule has 1 aromatic carbocycles. The van der Waals surface area contributed by atoms with Crippen LogP contribution in [0.25, 0.3) is 0 Å². The molecule has 0 unspecified atom stereocenters.